The number of carbonyl (C=O) groups is 2. The van der Waals surface area contributed by atoms with Crippen LogP contribution in [0.4, 0.5) is 0 Å². The Hall–Kier alpha value is -3.45. The predicted octanol–water partition coefficient (Wildman–Crippen LogP) is 5.40. The molecule has 0 radical (unpaired) electrons. The third-order valence-corrected chi connectivity index (χ3v) is 6.99. The number of rotatable bonds is 7. The molecule has 0 saturated heterocycles. The Labute approximate surface area is 215 Å². The van der Waals surface area contributed by atoms with Crippen molar-refractivity contribution < 1.29 is 28.9 Å². The molecule has 0 amide bonds. The van der Waals surface area contributed by atoms with Crippen molar-refractivity contribution in [3.05, 3.63) is 94.6 Å². The lowest BCUT2D eigenvalue weighted by atomic mass is 9.98. The maximum Gasteiger partial charge on any atom is 0.338 e. The molecule has 2 aromatic rings. The third-order valence-electron chi connectivity index (χ3n) is 6.71. The molecule has 5 rings (SSSR count). The molecule has 36 heavy (non-hydrogen) atoms. The molecule has 1 unspecified atom stereocenters. The summed E-state index contributed by atoms with van der Waals surface area (Å²) in [5, 5.41) is 9.14. The highest BCUT2D eigenvalue weighted by molar-refractivity contribution is 7.82. The number of aliphatic carboxylic acids is 1. The fraction of sp³-hybridized carbons (Fsp3) is 0.310. The van der Waals surface area contributed by atoms with Crippen LogP contribution in [-0.4, -0.2) is 34.5 Å². The van der Waals surface area contributed by atoms with Gasteiger partial charge in [0.2, 0.25) is 0 Å². The van der Waals surface area contributed by atoms with Crippen LogP contribution in [0.3, 0.4) is 0 Å². The standard InChI is InChI=1S/C29H28O6S/c1-29(36)12-11-23(28(32)34-16-18-5-3-2-4-6-18)22-9-10-25(24(22)15-29)35-20-7-8-21-19(13-27(30)31)17-33-26(21)14-20/h2-8,11-12,14-15,19,25,36H,9-10,13,16-17H2,1H3,(H,30,31)/t19-,25-,29?/m1/s1. The number of thiol groups is 1. The average molecular weight is 505 g/mol. The third kappa shape index (κ3) is 5.21. The topological polar surface area (TPSA) is 82.1 Å². The van der Waals surface area contributed by atoms with Crippen LogP contribution in [0.25, 0.3) is 0 Å². The molecule has 1 N–H and O–H groups in total. The van der Waals surface area contributed by atoms with Crippen molar-refractivity contribution in [2.24, 2.45) is 0 Å². The van der Waals surface area contributed by atoms with Crippen LogP contribution in [0.5, 0.6) is 11.5 Å². The fourth-order valence-corrected chi connectivity index (χ4v) is 5.16. The number of hydrogen-bond acceptors (Lipinski definition) is 6. The molecule has 2 aromatic carbocycles. The van der Waals surface area contributed by atoms with Crippen LogP contribution in [0.15, 0.2) is 83.5 Å². The largest absolute Gasteiger partial charge is 0.492 e. The lowest BCUT2D eigenvalue weighted by Gasteiger charge is -2.20. The molecule has 3 atom stereocenters. The van der Waals surface area contributed by atoms with Crippen molar-refractivity contribution in [2.75, 3.05) is 6.61 Å². The van der Waals surface area contributed by atoms with E-state index in [4.69, 9.17) is 31.9 Å². The van der Waals surface area contributed by atoms with Crippen LogP contribution in [0.1, 0.15) is 43.2 Å². The molecule has 3 aliphatic rings. The molecule has 1 aliphatic heterocycles. The van der Waals surface area contributed by atoms with Gasteiger partial charge in [-0.1, -0.05) is 48.6 Å². The number of carbonyl (C=O) groups excluding carboxylic acids is 1. The van der Waals surface area contributed by atoms with Gasteiger partial charge in [0.1, 0.15) is 24.2 Å². The Morgan fingerprint density at radius 1 is 1.19 bits per heavy atom. The van der Waals surface area contributed by atoms with Gasteiger partial charge < -0.3 is 19.3 Å². The smallest absolute Gasteiger partial charge is 0.338 e. The lowest BCUT2D eigenvalue weighted by molar-refractivity contribution is -0.140. The fourth-order valence-electron chi connectivity index (χ4n) is 4.94. The molecule has 7 heteroatoms. The second-order valence-corrected chi connectivity index (χ2v) is 10.5. The minimum absolute atomic E-state index is 0.0353. The number of benzene rings is 2. The number of carboxylic acids is 1. The molecule has 1 saturated carbocycles. The summed E-state index contributed by atoms with van der Waals surface area (Å²) >= 11 is 4.78. The van der Waals surface area contributed by atoms with Crippen molar-refractivity contribution in [1.29, 1.82) is 0 Å². The Kier molecular flexibility index (Phi) is 6.67. The van der Waals surface area contributed by atoms with Crippen LogP contribution in [0, 0.1) is 0 Å². The zero-order valence-corrected chi connectivity index (χ0v) is 20.9. The number of fused-ring (bicyclic) bond motifs is 2. The van der Waals surface area contributed by atoms with Crippen molar-refractivity contribution in [2.45, 2.75) is 49.6 Å². The highest BCUT2D eigenvalue weighted by Gasteiger charge is 2.35. The van der Waals surface area contributed by atoms with Gasteiger partial charge in [-0.2, -0.15) is 12.6 Å². The van der Waals surface area contributed by atoms with Crippen molar-refractivity contribution in [3.63, 3.8) is 0 Å². The second-order valence-electron chi connectivity index (χ2n) is 9.56. The van der Waals surface area contributed by atoms with Gasteiger partial charge in [-0.15, -0.1) is 0 Å². The summed E-state index contributed by atoms with van der Waals surface area (Å²) < 4.78 is 17.2. The number of carboxylic acid groups (broad SMARTS) is 1. The van der Waals surface area contributed by atoms with Gasteiger partial charge in [-0.05, 0) is 48.6 Å². The van der Waals surface area contributed by atoms with E-state index in [0.29, 0.717) is 36.5 Å². The van der Waals surface area contributed by atoms with E-state index < -0.39 is 10.7 Å². The van der Waals surface area contributed by atoms with Crippen LogP contribution < -0.4 is 9.47 Å². The van der Waals surface area contributed by atoms with E-state index in [1.165, 1.54) is 0 Å². The van der Waals surface area contributed by atoms with Crippen LogP contribution in [-0.2, 0) is 20.9 Å². The van der Waals surface area contributed by atoms with Crippen LogP contribution >= 0.6 is 12.6 Å². The normalized spacial score (nSPS) is 24.3. The molecule has 6 nitrogen and oxygen atoms in total. The summed E-state index contributed by atoms with van der Waals surface area (Å²) in [7, 11) is 0. The first kappa shape index (κ1) is 24.3. The Morgan fingerprint density at radius 2 is 2.00 bits per heavy atom. The first-order chi connectivity index (χ1) is 17.3. The van der Waals surface area contributed by atoms with Crippen molar-refractivity contribution in [3.8, 4) is 11.5 Å². The Morgan fingerprint density at radius 3 is 2.78 bits per heavy atom. The first-order valence-electron chi connectivity index (χ1n) is 12.0. The predicted molar refractivity (Wildman–Crippen MR) is 138 cm³/mol. The van der Waals surface area contributed by atoms with Gasteiger partial charge in [-0.25, -0.2) is 4.79 Å². The molecular weight excluding hydrogens is 476 g/mol. The molecule has 1 heterocycles. The summed E-state index contributed by atoms with van der Waals surface area (Å²) in [6.45, 7) is 2.53. The summed E-state index contributed by atoms with van der Waals surface area (Å²) in [5.41, 5.74) is 4.22. The van der Waals surface area contributed by atoms with Gasteiger partial charge in [0.05, 0.1) is 18.6 Å². The summed E-state index contributed by atoms with van der Waals surface area (Å²) in [6, 6.07) is 15.2. The molecule has 1 fully saturated rings. The van der Waals surface area contributed by atoms with Gasteiger partial charge in [-0.3, -0.25) is 4.79 Å². The SMILES string of the molecule is CC1(S)C=CC(C(=O)OCc2ccccc2)=C2CC[C@@H](Oc3ccc4c(c3)OC[C@H]4CC(=O)O)C2=C1. The van der Waals surface area contributed by atoms with Gasteiger partial charge in [0.25, 0.3) is 0 Å². The quantitative estimate of drug-likeness (QED) is 0.388. The second kappa shape index (κ2) is 9.90. The number of ether oxygens (including phenoxy) is 3. The molecule has 0 spiro atoms. The Balaban J connectivity index is 1.36. The van der Waals surface area contributed by atoms with Gasteiger partial charge in [0.15, 0.2) is 0 Å². The molecule has 0 aromatic heterocycles. The Bertz CT molecular complexity index is 1270. The minimum Gasteiger partial charge on any atom is -0.492 e. The highest BCUT2D eigenvalue weighted by atomic mass is 32.1. The van der Waals surface area contributed by atoms with Crippen molar-refractivity contribution in [1.82, 2.24) is 0 Å². The lowest BCUT2D eigenvalue weighted by Crippen LogP contribution is -2.18. The molecular formula is C29H28O6S. The monoisotopic (exact) mass is 504 g/mol. The van der Waals surface area contributed by atoms with Crippen molar-refractivity contribution >= 4 is 24.6 Å². The number of esters is 1. The summed E-state index contributed by atoms with van der Waals surface area (Å²) in [6.07, 6.45) is 6.94. The molecule has 2 aliphatic carbocycles. The van der Waals surface area contributed by atoms with Crippen LogP contribution in [0.2, 0.25) is 0 Å². The van der Waals surface area contributed by atoms with E-state index >= 15 is 0 Å². The average Bonchev–Trinajstić information content (AvgIpc) is 3.37. The van der Waals surface area contributed by atoms with E-state index in [1.807, 2.05) is 73.7 Å². The summed E-state index contributed by atoms with van der Waals surface area (Å²) in [4.78, 5) is 24.2. The number of hydrogen-bond donors (Lipinski definition) is 2. The minimum atomic E-state index is -0.844. The molecule has 0 bridgehead atoms. The maximum atomic E-state index is 13.1. The summed E-state index contributed by atoms with van der Waals surface area (Å²) in [5.74, 6) is -0.0594. The molecule has 186 valence electrons. The van der Waals surface area contributed by atoms with Gasteiger partial charge in [0, 0.05) is 22.3 Å². The maximum absolute atomic E-state index is 13.1. The van der Waals surface area contributed by atoms with Gasteiger partial charge >= 0.3 is 11.9 Å². The first-order valence-corrected chi connectivity index (χ1v) is 12.5. The zero-order valence-electron chi connectivity index (χ0n) is 20.0. The van der Waals surface area contributed by atoms with E-state index in [0.717, 1.165) is 22.3 Å². The van der Waals surface area contributed by atoms with E-state index in [2.05, 4.69) is 0 Å². The van der Waals surface area contributed by atoms with E-state index in [1.54, 1.807) is 0 Å². The zero-order chi connectivity index (χ0) is 25.3. The highest BCUT2D eigenvalue weighted by Crippen LogP contribution is 2.43. The van der Waals surface area contributed by atoms with E-state index in [-0.39, 0.29) is 31.0 Å². The van der Waals surface area contributed by atoms with E-state index in [9.17, 15) is 9.59 Å².